The zero-order chi connectivity index (χ0) is 14.8. The van der Waals surface area contributed by atoms with Crippen molar-refractivity contribution in [3.63, 3.8) is 0 Å². The van der Waals surface area contributed by atoms with Crippen molar-refractivity contribution in [2.75, 3.05) is 5.32 Å². The number of amides is 1. The van der Waals surface area contributed by atoms with E-state index in [4.69, 9.17) is 0 Å². The van der Waals surface area contributed by atoms with Crippen molar-refractivity contribution in [2.45, 2.75) is 39.0 Å². The van der Waals surface area contributed by atoms with Gasteiger partial charge in [0, 0.05) is 4.88 Å². The highest BCUT2D eigenvalue weighted by Gasteiger charge is 2.23. The number of aryl methyl sites for hydroxylation is 2. The van der Waals surface area contributed by atoms with Crippen molar-refractivity contribution in [3.05, 3.63) is 26.6 Å². The Morgan fingerprint density at radius 2 is 2.24 bits per heavy atom. The summed E-state index contributed by atoms with van der Waals surface area (Å²) in [5.41, 5.74) is 2.47. The van der Waals surface area contributed by atoms with Gasteiger partial charge < -0.3 is 5.32 Å². The summed E-state index contributed by atoms with van der Waals surface area (Å²) in [4.78, 5) is 14.1. The van der Waals surface area contributed by atoms with Crippen molar-refractivity contribution in [1.82, 2.24) is 9.59 Å². The van der Waals surface area contributed by atoms with Crippen molar-refractivity contribution in [2.24, 2.45) is 0 Å². The molecule has 0 aliphatic heterocycles. The van der Waals surface area contributed by atoms with E-state index in [2.05, 4.69) is 21.0 Å². The van der Waals surface area contributed by atoms with Crippen LogP contribution in [0.2, 0.25) is 0 Å². The molecule has 0 unspecified atom stereocenters. The Balaban J connectivity index is 1.90. The van der Waals surface area contributed by atoms with E-state index >= 15 is 0 Å². The van der Waals surface area contributed by atoms with Crippen LogP contribution in [0.3, 0.4) is 0 Å². The number of thiophene rings is 1. The zero-order valence-electron chi connectivity index (χ0n) is 11.6. The number of nitrogens with one attached hydrogen (secondary N) is 1. The summed E-state index contributed by atoms with van der Waals surface area (Å²) in [6, 6.07) is 2.25. The van der Waals surface area contributed by atoms with Gasteiger partial charge in [-0.1, -0.05) is 11.4 Å². The van der Waals surface area contributed by atoms with Crippen LogP contribution < -0.4 is 5.32 Å². The predicted octanol–water partition coefficient (Wildman–Crippen LogP) is 3.16. The smallest absolute Gasteiger partial charge is 0.269 e. The molecular weight excluding hydrogens is 304 g/mol. The highest BCUT2D eigenvalue weighted by molar-refractivity contribution is 7.17. The fourth-order valence-corrected chi connectivity index (χ4v) is 4.42. The molecule has 0 bridgehead atoms. The molecule has 2 aromatic heterocycles. The topological polar surface area (TPSA) is 78.7 Å². The average molecular weight is 318 g/mol. The molecule has 0 aromatic carbocycles. The molecular formula is C14H14N4OS2. The van der Waals surface area contributed by atoms with Gasteiger partial charge in [0.25, 0.3) is 5.91 Å². The Morgan fingerprint density at radius 3 is 3.00 bits per heavy atom. The SMILES string of the molecule is CCc1nnsc1C(=O)Nc1sc2c(c1C#N)CCCC2. The fraction of sp³-hybridized carbons (Fsp3) is 0.429. The van der Waals surface area contributed by atoms with Crippen LogP contribution in [0.4, 0.5) is 5.00 Å². The lowest BCUT2D eigenvalue weighted by Gasteiger charge is -2.09. The maximum atomic E-state index is 12.4. The molecule has 108 valence electrons. The minimum Gasteiger partial charge on any atom is -0.312 e. The number of nitriles is 1. The first-order valence-electron chi connectivity index (χ1n) is 6.91. The largest absolute Gasteiger partial charge is 0.312 e. The number of fused-ring (bicyclic) bond motifs is 1. The van der Waals surface area contributed by atoms with E-state index < -0.39 is 0 Å². The Kier molecular flexibility index (Phi) is 3.99. The normalized spacial score (nSPS) is 13.5. The number of anilines is 1. The van der Waals surface area contributed by atoms with Gasteiger partial charge in [0.05, 0.1) is 11.3 Å². The molecule has 7 heteroatoms. The second-order valence-corrected chi connectivity index (χ2v) is 6.74. The Morgan fingerprint density at radius 1 is 1.43 bits per heavy atom. The maximum Gasteiger partial charge on any atom is 0.269 e. The van der Waals surface area contributed by atoms with Gasteiger partial charge in [-0.2, -0.15) is 5.26 Å². The molecule has 0 saturated heterocycles. The van der Waals surface area contributed by atoms with Crippen LogP contribution in [0, 0.1) is 11.3 Å². The molecule has 21 heavy (non-hydrogen) atoms. The minimum atomic E-state index is -0.211. The van der Waals surface area contributed by atoms with Gasteiger partial charge in [0.1, 0.15) is 15.9 Å². The quantitative estimate of drug-likeness (QED) is 0.942. The van der Waals surface area contributed by atoms with Crippen LogP contribution in [-0.2, 0) is 19.3 Å². The maximum absolute atomic E-state index is 12.4. The summed E-state index contributed by atoms with van der Waals surface area (Å²) < 4.78 is 3.83. The summed E-state index contributed by atoms with van der Waals surface area (Å²) in [5.74, 6) is -0.211. The molecule has 5 nitrogen and oxygen atoms in total. The van der Waals surface area contributed by atoms with Gasteiger partial charge in [0.15, 0.2) is 0 Å². The number of aromatic nitrogens is 2. The Labute approximate surface area is 130 Å². The third-order valence-electron chi connectivity index (χ3n) is 3.61. The van der Waals surface area contributed by atoms with Crippen LogP contribution in [-0.4, -0.2) is 15.5 Å². The number of hydrogen-bond acceptors (Lipinski definition) is 6. The van der Waals surface area contributed by atoms with Gasteiger partial charge >= 0.3 is 0 Å². The second-order valence-electron chi connectivity index (χ2n) is 4.88. The zero-order valence-corrected chi connectivity index (χ0v) is 13.2. The number of carbonyl (C=O) groups is 1. The van der Waals surface area contributed by atoms with Gasteiger partial charge in [-0.25, -0.2) is 0 Å². The second kappa shape index (κ2) is 5.92. The molecule has 0 spiro atoms. The lowest BCUT2D eigenvalue weighted by molar-refractivity contribution is 0.103. The molecule has 0 saturated carbocycles. The monoisotopic (exact) mass is 318 g/mol. The first kappa shape index (κ1) is 14.2. The van der Waals surface area contributed by atoms with Crippen molar-refractivity contribution in [3.8, 4) is 6.07 Å². The third kappa shape index (κ3) is 2.57. The highest BCUT2D eigenvalue weighted by Crippen LogP contribution is 2.37. The number of rotatable bonds is 3. The number of carbonyl (C=O) groups excluding carboxylic acids is 1. The molecule has 1 N–H and O–H groups in total. The molecule has 3 rings (SSSR count). The van der Waals surface area contributed by atoms with E-state index in [9.17, 15) is 10.1 Å². The molecule has 1 amide bonds. The molecule has 1 aliphatic rings. The fourth-order valence-electron chi connectivity index (χ4n) is 2.54. The first-order chi connectivity index (χ1) is 10.2. The molecule has 2 aromatic rings. The summed E-state index contributed by atoms with van der Waals surface area (Å²) in [6.45, 7) is 1.94. The predicted molar refractivity (Wildman–Crippen MR) is 82.9 cm³/mol. The molecule has 1 aliphatic carbocycles. The van der Waals surface area contributed by atoms with E-state index in [1.807, 2.05) is 6.92 Å². The van der Waals surface area contributed by atoms with E-state index in [0.717, 1.165) is 42.8 Å². The average Bonchev–Trinajstić information content (AvgIpc) is 3.10. The van der Waals surface area contributed by atoms with E-state index in [1.165, 1.54) is 16.2 Å². The lowest BCUT2D eigenvalue weighted by atomic mass is 9.96. The third-order valence-corrected chi connectivity index (χ3v) is 5.58. The van der Waals surface area contributed by atoms with E-state index in [-0.39, 0.29) is 5.91 Å². The summed E-state index contributed by atoms with van der Waals surface area (Å²) in [6.07, 6.45) is 4.89. The van der Waals surface area contributed by atoms with Crippen LogP contribution in [0.1, 0.15) is 51.1 Å². The van der Waals surface area contributed by atoms with Gasteiger partial charge in [-0.05, 0) is 49.2 Å². The molecule has 0 fully saturated rings. The summed E-state index contributed by atoms with van der Waals surface area (Å²) >= 11 is 2.63. The van der Waals surface area contributed by atoms with Crippen LogP contribution in [0.25, 0.3) is 0 Å². The van der Waals surface area contributed by atoms with Gasteiger partial charge in [-0.15, -0.1) is 16.4 Å². The van der Waals surface area contributed by atoms with E-state index in [1.54, 1.807) is 0 Å². The summed E-state index contributed by atoms with van der Waals surface area (Å²) in [5, 5.41) is 16.9. The molecule has 0 radical (unpaired) electrons. The molecule has 0 atom stereocenters. The van der Waals surface area contributed by atoms with Crippen molar-refractivity contribution >= 4 is 33.8 Å². The number of hydrogen-bond donors (Lipinski definition) is 1. The van der Waals surface area contributed by atoms with Gasteiger partial charge in [-0.3, -0.25) is 4.79 Å². The Bertz CT molecular complexity index is 726. The number of nitrogens with zero attached hydrogens (tertiary/aromatic N) is 3. The van der Waals surface area contributed by atoms with Crippen molar-refractivity contribution in [1.29, 1.82) is 5.26 Å². The van der Waals surface area contributed by atoms with Gasteiger partial charge in [0.2, 0.25) is 0 Å². The lowest BCUT2D eigenvalue weighted by Crippen LogP contribution is -2.12. The minimum absolute atomic E-state index is 0.211. The first-order valence-corrected chi connectivity index (χ1v) is 8.50. The van der Waals surface area contributed by atoms with Crippen LogP contribution in [0.15, 0.2) is 0 Å². The summed E-state index contributed by atoms with van der Waals surface area (Å²) in [7, 11) is 0. The van der Waals surface area contributed by atoms with E-state index in [0.29, 0.717) is 27.6 Å². The standard InChI is InChI=1S/C14H14N4OS2/c1-2-10-12(21-18-17-10)13(19)16-14-9(7-15)8-5-3-4-6-11(8)20-14/h2-6H2,1H3,(H,16,19). The molecule has 2 heterocycles. The Hall–Kier alpha value is -1.78. The van der Waals surface area contributed by atoms with Crippen LogP contribution in [0.5, 0.6) is 0 Å². The van der Waals surface area contributed by atoms with Crippen molar-refractivity contribution < 1.29 is 4.79 Å². The van der Waals surface area contributed by atoms with Crippen LogP contribution >= 0.6 is 22.9 Å². The highest BCUT2D eigenvalue weighted by atomic mass is 32.1.